The van der Waals surface area contributed by atoms with Crippen LogP contribution in [0.4, 0.5) is 0 Å². The van der Waals surface area contributed by atoms with Gasteiger partial charge in [0.05, 0.1) is 0 Å². The normalized spacial score (nSPS) is 12.3. The van der Waals surface area contributed by atoms with E-state index in [-0.39, 0.29) is 24.0 Å². The van der Waals surface area contributed by atoms with Crippen LogP contribution in [-0.4, -0.2) is 4.43 Å². The Morgan fingerprint density at radius 1 is 1.33 bits per heavy atom. The molecule has 0 saturated carbocycles. The zero-order valence-electron chi connectivity index (χ0n) is 6.19. The number of hydrogen-bond acceptors (Lipinski definition) is 0. The minimum absolute atomic E-state index is 0. The summed E-state index contributed by atoms with van der Waals surface area (Å²) >= 11 is 2.44. The van der Waals surface area contributed by atoms with Gasteiger partial charge >= 0.3 is 0 Å². The smallest absolute Gasteiger partial charge is 0.000219 e. The fourth-order valence-corrected chi connectivity index (χ4v) is 1.89. The first-order valence-corrected chi connectivity index (χ1v) is 4.89. The molecule has 0 saturated heterocycles. The highest BCUT2D eigenvalue weighted by molar-refractivity contribution is 14.1. The topological polar surface area (TPSA) is 0 Å². The van der Waals surface area contributed by atoms with Crippen LogP contribution in [0.15, 0.2) is 0 Å². The molecule has 0 aliphatic carbocycles. The molecule has 0 aromatic rings. The first-order valence-electron chi connectivity index (χ1n) is 3.37. The third kappa shape index (κ3) is 9.46. The number of halogens is 2. The zero-order valence-corrected chi connectivity index (χ0v) is 10.7. The Balaban J connectivity index is 0. The van der Waals surface area contributed by atoms with E-state index < -0.39 is 0 Å². The molecule has 0 aliphatic heterocycles. The van der Waals surface area contributed by atoms with Crippen LogP contribution in [-0.2, 0) is 0 Å². The van der Waals surface area contributed by atoms with E-state index in [0.717, 1.165) is 5.92 Å². The lowest BCUT2D eigenvalue weighted by Gasteiger charge is -2.04. The van der Waals surface area contributed by atoms with Gasteiger partial charge in [0.15, 0.2) is 0 Å². The van der Waals surface area contributed by atoms with Gasteiger partial charge in [-0.05, 0) is 16.8 Å². The fourth-order valence-electron chi connectivity index (χ4n) is 0.823. The summed E-state index contributed by atoms with van der Waals surface area (Å²) in [5, 5.41) is 0. The average molecular weight is 354 g/mol. The van der Waals surface area contributed by atoms with Gasteiger partial charge in [0.1, 0.15) is 0 Å². The summed E-state index contributed by atoms with van der Waals surface area (Å²) in [4.78, 5) is 0. The minimum Gasteiger partial charge on any atom is -0.107 e. The zero-order chi connectivity index (χ0) is 6.41. The van der Waals surface area contributed by atoms with Crippen LogP contribution in [0.5, 0.6) is 0 Å². The van der Waals surface area contributed by atoms with E-state index >= 15 is 0 Å². The average Bonchev–Trinajstić information content (AvgIpc) is 1.68. The third-order valence-corrected chi connectivity index (χ3v) is 2.01. The van der Waals surface area contributed by atoms with Crippen LogP contribution < -0.4 is 0 Å². The fraction of sp³-hybridized carbons (Fsp3) is 1.00. The molecule has 2 heteroatoms. The molecule has 0 heterocycles. The Hall–Kier alpha value is 1.46. The molecular formula is C7H16I2. The summed E-state index contributed by atoms with van der Waals surface area (Å²) in [6.07, 6.45) is 4.15. The van der Waals surface area contributed by atoms with Crippen molar-refractivity contribution < 1.29 is 0 Å². The third-order valence-electron chi connectivity index (χ3n) is 1.38. The van der Waals surface area contributed by atoms with Gasteiger partial charge in [0.2, 0.25) is 0 Å². The Morgan fingerprint density at radius 2 is 1.89 bits per heavy atom. The molecule has 0 aromatic carbocycles. The second-order valence-electron chi connectivity index (χ2n) is 2.37. The molecule has 0 fully saturated rings. The first kappa shape index (κ1) is 13.1. The molecule has 0 N–H and O–H groups in total. The minimum atomic E-state index is 0. The molecule has 1 atom stereocenters. The Bertz CT molecular complexity index is 40.2. The van der Waals surface area contributed by atoms with Gasteiger partial charge < -0.3 is 0 Å². The molecule has 1 unspecified atom stereocenters. The molecule has 0 aliphatic rings. The van der Waals surface area contributed by atoms with Gasteiger partial charge in [-0.2, -0.15) is 0 Å². The largest absolute Gasteiger partial charge is 0.107 e. The van der Waals surface area contributed by atoms with Gasteiger partial charge in [0, 0.05) is 0 Å². The molecule has 9 heavy (non-hydrogen) atoms. The second kappa shape index (κ2) is 9.46. The summed E-state index contributed by atoms with van der Waals surface area (Å²) in [6, 6.07) is 0. The molecular weight excluding hydrogens is 338 g/mol. The van der Waals surface area contributed by atoms with Crippen molar-refractivity contribution in [2.75, 3.05) is 4.43 Å². The monoisotopic (exact) mass is 354 g/mol. The van der Waals surface area contributed by atoms with E-state index in [1.54, 1.807) is 0 Å². The number of alkyl halides is 1. The lowest BCUT2D eigenvalue weighted by atomic mass is 10.0. The molecule has 0 aromatic heterocycles. The van der Waals surface area contributed by atoms with Crippen molar-refractivity contribution in [3.05, 3.63) is 0 Å². The van der Waals surface area contributed by atoms with Crippen molar-refractivity contribution in [3.63, 3.8) is 0 Å². The molecule has 58 valence electrons. The molecule has 0 spiro atoms. The lowest BCUT2D eigenvalue weighted by molar-refractivity contribution is 0.516. The maximum Gasteiger partial charge on any atom is -0.000219 e. The van der Waals surface area contributed by atoms with Gasteiger partial charge in [0.25, 0.3) is 0 Å². The van der Waals surface area contributed by atoms with Crippen molar-refractivity contribution in [1.29, 1.82) is 0 Å². The van der Waals surface area contributed by atoms with Crippen LogP contribution in [0.1, 0.15) is 33.1 Å². The highest BCUT2D eigenvalue weighted by Crippen LogP contribution is 2.10. The van der Waals surface area contributed by atoms with E-state index in [0.29, 0.717) is 0 Å². The van der Waals surface area contributed by atoms with Gasteiger partial charge in [-0.15, -0.1) is 24.0 Å². The number of rotatable bonds is 4. The highest BCUT2D eigenvalue weighted by atomic mass is 127. The van der Waals surface area contributed by atoms with Crippen LogP contribution in [0.3, 0.4) is 0 Å². The van der Waals surface area contributed by atoms with E-state index in [1.165, 1.54) is 23.7 Å². The van der Waals surface area contributed by atoms with E-state index in [4.69, 9.17) is 0 Å². The van der Waals surface area contributed by atoms with Crippen molar-refractivity contribution in [2.45, 2.75) is 33.1 Å². The van der Waals surface area contributed by atoms with Gasteiger partial charge in [-0.3, -0.25) is 0 Å². The van der Waals surface area contributed by atoms with Crippen LogP contribution in [0.25, 0.3) is 0 Å². The summed E-state index contributed by atoms with van der Waals surface area (Å²) in [7, 11) is 0. The van der Waals surface area contributed by atoms with E-state index in [9.17, 15) is 0 Å². The molecule has 0 radical (unpaired) electrons. The van der Waals surface area contributed by atoms with Crippen LogP contribution in [0, 0.1) is 5.92 Å². The summed E-state index contributed by atoms with van der Waals surface area (Å²) < 4.78 is 1.32. The Labute approximate surface area is 89.3 Å². The SMILES string of the molecule is CCCC(C)CCI.I. The Kier molecular flexibility index (Phi) is 13.7. The second-order valence-corrected chi connectivity index (χ2v) is 3.45. The van der Waals surface area contributed by atoms with E-state index in [2.05, 4.69) is 36.4 Å². The molecule has 0 rings (SSSR count). The van der Waals surface area contributed by atoms with Crippen molar-refractivity contribution in [1.82, 2.24) is 0 Å². The first-order chi connectivity index (χ1) is 3.81. The summed E-state index contributed by atoms with van der Waals surface area (Å²) in [5.74, 6) is 0.955. The highest BCUT2D eigenvalue weighted by Gasteiger charge is 1.96. The molecule has 0 amide bonds. The maximum atomic E-state index is 2.44. The van der Waals surface area contributed by atoms with Crippen LogP contribution >= 0.6 is 46.6 Å². The lowest BCUT2D eigenvalue weighted by Crippen LogP contribution is -1.92. The van der Waals surface area contributed by atoms with Crippen molar-refractivity contribution in [3.8, 4) is 0 Å². The van der Waals surface area contributed by atoms with Crippen molar-refractivity contribution in [2.24, 2.45) is 5.92 Å². The predicted octanol–water partition coefficient (Wildman–Crippen LogP) is 3.87. The maximum absolute atomic E-state index is 2.44. The number of hydrogen-bond donors (Lipinski definition) is 0. The van der Waals surface area contributed by atoms with Gasteiger partial charge in [-0.1, -0.05) is 49.3 Å². The molecule has 0 nitrogen and oxygen atoms in total. The van der Waals surface area contributed by atoms with Crippen molar-refractivity contribution >= 4 is 46.6 Å². The molecule has 0 bridgehead atoms. The standard InChI is InChI=1S/C7H15I.HI/c1-3-4-7(2)5-6-8;/h7H,3-6H2,1-2H3;1H. The summed E-state index contributed by atoms with van der Waals surface area (Å²) in [6.45, 7) is 4.59. The summed E-state index contributed by atoms with van der Waals surface area (Å²) in [5.41, 5.74) is 0. The van der Waals surface area contributed by atoms with E-state index in [1.807, 2.05) is 0 Å². The van der Waals surface area contributed by atoms with Gasteiger partial charge in [-0.25, -0.2) is 0 Å². The van der Waals surface area contributed by atoms with Crippen LogP contribution in [0.2, 0.25) is 0 Å². The quantitative estimate of drug-likeness (QED) is 0.531. The Morgan fingerprint density at radius 3 is 2.22 bits per heavy atom. The predicted molar refractivity (Wildman–Crippen MR) is 63.0 cm³/mol.